The smallest absolute Gasteiger partial charge is 0.0540 e. The molecule has 45 heavy (non-hydrogen) atoms. The van der Waals surface area contributed by atoms with Crippen LogP contribution in [0.2, 0.25) is 0 Å². The number of anilines is 3. The van der Waals surface area contributed by atoms with E-state index in [9.17, 15) is 0 Å². The molecule has 0 N–H and O–H groups in total. The highest BCUT2D eigenvalue weighted by molar-refractivity contribution is 6.06. The van der Waals surface area contributed by atoms with Gasteiger partial charge in [0, 0.05) is 16.8 Å². The Balaban J connectivity index is 1.26. The van der Waals surface area contributed by atoms with E-state index in [1.807, 2.05) is 0 Å². The first kappa shape index (κ1) is 26.7. The van der Waals surface area contributed by atoms with Crippen molar-refractivity contribution in [2.75, 3.05) is 4.90 Å². The van der Waals surface area contributed by atoms with Crippen LogP contribution >= 0.6 is 0 Å². The van der Waals surface area contributed by atoms with Crippen LogP contribution < -0.4 is 4.90 Å². The molecule has 8 aromatic rings. The van der Waals surface area contributed by atoms with Gasteiger partial charge < -0.3 is 4.90 Å². The molecule has 0 atom stereocenters. The van der Waals surface area contributed by atoms with Crippen LogP contribution in [-0.2, 0) is 0 Å². The predicted molar refractivity (Wildman–Crippen MR) is 192 cm³/mol. The van der Waals surface area contributed by atoms with Gasteiger partial charge in [-0.05, 0) is 92.0 Å². The molecule has 0 saturated carbocycles. The zero-order valence-electron chi connectivity index (χ0n) is 24.8. The van der Waals surface area contributed by atoms with Crippen molar-refractivity contribution in [1.29, 1.82) is 0 Å². The zero-order chi connectivity index (χ0) is 30.0. The van der Waals surface area contributed by atoms with Gasteiger partial charge in [-0.25, -0.2) is 0 Å². The maximum Gasteiger partial charge on any atom is 0.0540 e. The maximum absolute atomic E-state index is 2.37. The summed E-state index contributed by atoms with van der Waals surface area (Å²) in [5, 5.41) is 4.97. The summed E-state index contributed by atoms with van der Waals surface area (Å²) >= 11 is 0. The molecule has 8 aromatic carbocycles. The van der Waals surface area contributed by atoms with E-state index >= 15 is 0 Å². The number of para-hydroxylation sites is 1. The van der Waals surface area contributed by atoms with E-state index in [1.54, 1.807) is 0 Å². The Hall–Kier alpha value is -5.92. The molecule has 0 aromatic heterocycles. The van der Waals surface area contributed by atoms with Crippen LogP contribution in [0.4, 0.5) is 17.1 Å². The van der Waals surface area contributed by atoms with Gasteiger partial charge in [-0.3, -0.25) is 0 Å². The molecule has 0 spiro atoms. The number of rotatable bonds is 6. The number of benzene rings is 8. The lowest BCUT2D eigenvalue weighted by Crippen LogP contribution is -2.10. The van der Waals surface area contributed by atoms with Crippen molar-refractivity contribution in [1.82, 2.24) is 0 Å². The van der Waals surface area contributed by atoms with Crippen molar-refractivity contribution in [3.05, 3.63) is 188 Å². The highest BCUT2D eigenvalue weighted by atomic mass is 15.1. The van der Waals surface area contributed by atoms with Gasteiger partial charge in [-0.1, -0.05) is 146 Å². The molecule has 0 heterocycles. The monoisotopic (exact) mass is 573 g/mol. The molecule has 0 fully saturated rings. The maximum atomic E-state index is 2.37. The number of fused-ring (bicyclic) bond motifs is 2. The Kier molecular flexibility index (Phi) is 6.90. The molecule has 1 heteroatoms. The van der Waals surface area contributed by atoms with Gasteiger partial charge in [-0.15, -0.1) is 0 Å². The van der Waals surface area contributed by atoms with Gasteiger partial charge >= 0.3 is 0 Å². The van der Waals surface area contributed by atoms with Gasteiger partial charge in [-0.2, -0.15) is 0 Å². The molecule has 0 saturated heterocycles. The van der Waals surface area contributed by atoms with Gasteiger partial charge in [0.2, 0.25) is 0 Å². The molecular weight excluding hydrogens is 542 g/mol. The second kappa shape index (κ2) is 11.6. The summed E-state index contributed by atoms with van der Waals surface area (Å²) in [6, 6.07) is 67.6. The van der Waals surface area contributed by atoms with Crippen molar-refractivity contribution in [3.8, 4) is 33.4 Å². The molecule has 8 rings (SSSR count). The van der Waals surface area contributed by atoms with E-state index in [2.05, 4.69) is 193 Å². The van der Waals surface area contributed by atoms with Crippen LogP contribution in [0.5, 0.6) is 0 Å². The minimum Gasteiger partial charge on any atom is -0.310 e. The highest BCUT2D eigenvalue weighted by Crippen LogP contribution is 2.42. The van der Waals surface area contributed by atoms with E-state index in [-0.39, 0.29) is 0 Å². The second-order valence-corrected chi connectivity index (χ2v) is 11.4. The predicted octanol–water partition coefficient (Wildman–Crippen LogP) is 12.5. The van der Waals surface area contributed by atoms with E-state index in [0.29, 0.717) is 0 Å². The molecule has 0 aliphatic heterocycles. The fraction of sp³-hybridized carbons (Fsp3) is 0. The second-order valence-electron chi connectivity index (χ2n) is 11.4. The Labute approximate surface area is 264 Å². The van der Waals surface area contributed by atoms with E-state index in [1.165, 1.54) is 54.9 Å². The SMILES string of the molecule is c1ccc(-c2cc(-c3ccc(N(c4ccccc4)c4ccc(-c5ccccc5)c5ccccc45)cc3)cc3ccccc23)cc1. The normalized spacial score (nSPS) is 11.1. The summed E-state index contributed by atoms with van der Waals surface area (Å²) < 4.78 is 0. The van der Waals surface area contributed by atoms with Crippen LogP contribution in [0.1, 0.15) is 0 Å². The molecule has 0 aliphatic rings. The molecule has 212 valence electrons. The van der Waals surface area contributed by atoms with Crippen LogP contribution in [0.25, 0.3) is 54.9 Å². The Morgan fingerprint density at radius 2 is 0.822 bits per heavy atom. The quantitative estimate of drug-likeness (QED) is 0.191. The van der Waals surface area contributed by atoms with Gasteiger partial charge in [0.15, 0.2) is 0 Å². The first-order valence-electron chi connectivity index (χ1n) is 15.4. The molecular formula is C44H31N. The summed E-state index contributed by atoms with van der Waals surface area (Å²) in [5.41, 5.74) is 10.7. The Morgan fingerprint density at radius 3 is 1.51 bits per heavy atom. The summed E-state index contributed by atoms with van der Waals surface area (Å²) in [7, 11) is 0. The third kappa shape index (κ3) is 5.05. The van der Waals surface area contributed by atoms with Crippen molar-refractivity contribution in [2.24, 2.45) is 0 Å². The largest absolute Gasteiger partial charge is 0.310 e. The van der Waals surface area contributed by atoms with E-state index < -0.39 is 0 Å². The average Bonchev–Trinajstić information content (AvgIpc) is 3.13. The fourth-order valence-electron chi connectivity index (χ4n) is 6.49. The molecule has 0 radical (unpaired) electrons. The lowest BCUT2D eigenvalue weighted by atomic mass is 9.93. The van der Waals surface area contributed by atoms with Gasteiger partial charge in [0.05, 0.1) is 5.69 Å². The topological polar surface area (TPSA) is 3.24 Å². The van der Waals surface area contributed by atoms with Gasteiger partial charge in [0.25, 0.3) is 0 Å². The highest BCUT2D eigenvalue weighted by Gasteiger charge is 2.17. The number of nitrogens with zero attached hydrogens (tertiary/aromatic N) is 1. The Bertz CT molecular complexity index is 2240. The van der Waals surface area contributed by atoms with Crippen molar-refractivity contribution in [2.45, 2.75) is 0 Å². The van der Waals surface area contributed by atoms with Crippen molar-refractivity contribution < 1.29 is 0 Å². The van der Waals surface area contributed by atoms with Crippen molar-refractivity contribution >= 4 is 38.6 Å². The van der Waals surface area contributed by atoms with Crippen molar-refractivity contribution in [3.63, 3.8) is 0 Å². The minimum absolute atomic E-state index is 1.12. The molecule has 0 amide bonds. The number of hydrogen-bond acceptors (Lipinski definition) is 1. The van der Waals surface area contributed by atoms with E-state index in [0.717, 1.165) is 17.1 Å². The summed E-state index contributed by atoms with van der Waals surface area (Å²) in [5.74, 6) is 0. The first-order valence-corrected chi connectivity index (χ1v) is 15.4. The summed E-state index contributed by atoms with van der Waals surface area (Å²) in [6.45, 7) is 0. The first-order chi connectivity index (χ1) is 22.3. The van der Waals surface area contributed by atoms with E-state index in [4.69, 9.17) is 0 Å². The van der Waals surface area contributed by atoms with Crippen LogP contribution in [0, 0.1) is 0 Å². The standard InChI is InChI=1S/C44H31N/c1-4-14-33(15-5-1)40-28-29-44(42-23-13-12-22-41(40)42)45(37-19-8-3-9-20-37)38-26-24-32(25-27-38)36-30-35-18-10-11-21-39(35)43(31-36)34-16-6-2-7-17-34/h1-31H. The summed E-state index contributed by atoms with van der Waals surface area (Å²) in [6.07, 6.45) is 0. The van der Waals surface area contributed by atoms with Crippen LogP contribution in [0.3, 0.4) is 0 Å². The molecule has 1 nitrogen and oxygen atoms in total. The lowest BCUT2D eigenvalue weighted by molar-refractivity contribution is 1.30. The number of hydrogen-bond donors (Lipinski definition) is 0. The fourth-order valence-corrected chi connectivity index (χ4v) is 6.49. The zero-order valence-corrected chi connectivity index (χ0v) is 24.8. The Morgan fingerprint density at radius 1 is 0.289 bits per heavy atom. The molecule has 0 bridgehead atoms. The molecule has 0 unspecified atom stereocenters. The van der Waals surface area contributed by atoms with Gasteiger partial charge in [0.1, 0.15) is 0 Å². The molecule has 0 aliphatic carbocycles. The third-order valence-corrected chi connectivity index (χ3v) is 8.65. The average molecular weight is 574 g/mol. The third-order valence-electron chi connectivity index (χ3n) is 8.65. The van der Waals surface area contributed by atoms with Crippen LogP contribution in [0.15, 0.2) is 188 Å². The lowest BCUT2D eigenvalue weighted by Gasteiger charge is -2.27. The summed E-state index contributed by atoms with van der Waals surface area (Å²) in [4.78, 5) is 2.37. The minimum atomic E-state index is 1.12. The van der Waals surface area contributed by atoms with Crippen LogP contribution in [-0.4, -0.2) is 0 Å².